The molecule has 5 rings (SSSR count). The van der Waals surface area contributed by atoms with Crippen molar-refractivity contribution in [3.8, 4) is 5.75 Å². The van der Waals surface area contributed by atoms with Gasteiger partial charge in [0.1, 0.15) is 11.5 Å². The fourth-order valence-corrected chi connectivity index (χ4v) is 5.59. The van der Waals surface area contributed by atoms with Gasteiger partial charge in [0, 0.05) is 19.5 Å². The number of amides is 2. The van der Waals surface area contributed by atoms with Crippen molar-refractivity contribution in [1.29, 1.82) is 0 Å². The van der Waals surface area contributed by atoms with Crippen molar-refractivity contribution in [2.24, 2.45) is 5.92 Å². The van der Waals surface area contributed by atoms with Crippen LogP contribution >= 0.6 is 0 Å². The molecule has 1 saturated carbocycles. The van der Waals surface area contributed by atoms with E-state index in [4.69, 9.17) is 9.15 Å². The summed E-state index contributed by atoms with van der Waals surface area (Å²) in [6.07, 6.45) is 6.00. The van der Waals surface area contributed by atoms with E-state index in [0.29, 0.717) is 18.8 Å². The van der Waals surface area contributed by atoms with Gasteiger partial charge in [-0.25, -0.2) is 0 Å². The third-order valence-electron chi connectivity index (χ3n) is 7.46. The van der Waals surface area contributed by atoms with Crippen LogP contribution in [0.2, 0.25) is 0 Å². The van der Waals surface area contributed by atoms with Crippen LogP contribution in [0.25, 0.3) is 0 Å². The molecule has 1 aliphatic carbocycles. The number of ether oxygens (including phenoxy) is 1. The standard InChI is InChI=1S/C30H34N2O4/c1-21(29(33)31(2)20-26-13-8-18-35-26)36-25-15-14-22-16-17-32(30(34)24-11-6-7-12-24)28(27(22)19-25)23-9-4-3-5-10-23/h3-5,8-10,13-15,18-19,21,24,28H,6-7,11-12,16-17,20H2,1-2H3. The lowest BCUT2D eigenvalue weighted by Gasteiger charge is -2.39. The molecule has 0 N–H and O–H groups in total. The Morgan fingerprint density at radius 1 is 1.08 bits per heavy atom. The molecule has 1 aromatic heterocycles. The number of likely N-dealkylation sites (N-methyl/N-ethyl adjacent to an activating group) is 1. The zero-order chi connectivity index (χ0) is 25.1. The first-order chi connectivity index (χ1) is 17.5. The van der Waals surface area contributed by atoms with Crippen LogP contribution < -0.4 is 4.74 Å². The molecule has 2 atom stereocenters. The Morgan fingerprint density at radius 2 is 1.86 bits per heavy atom. The number of rotatable bonds is 7. The van der Waals surface area contributed by atoms with Crippen molar-refractivity contribution in [3.05, 3.63) is 89.4 Å². The van der Waals surface area contributed by atoms with Crippen molar-refractivity contribution in [2.75, 3.05) is 13.6 Å². The van der Waals surface area contributed by atoms with Crippen LogP contribution in [0.5, 0.6) is 5.75 Å². The van der Waals surface area contributed by atoms with Gasteiger partial charge in [-0.2, -0.15) is 0 Å². The largest absolute Gasteiger partial charge is 0.481 e. The summed E-state index contributed by atoms with van der Waals surface area (Å²) >= 11 is 0. The molecule has 1 aliphatic heterocycles. The number of carbonyl (C=O) groups excluding carboxylic acids is 2. The molecule has 2 amide bonds. The number of nitrogens with zero attached hydrogens (tertiary/aromatic N) is 2. The van der Waals surface area contributed by atoms with E-state index in [-0.39, 0.29) is 23.8 Å². The maximum atomic E-state index is 13.6. The van der Waals surface area contributed by atoms with Gasteiger partial charge in [-0.1, -0.05) is 49.2 Å². The van der Waals surface area contributed by atoms with Crippen molar-refractivity contribution in [1.82, 2.24) is 9.80 Å². The second kappa shape index (κ2) is 10.6. The monoisotopic (exact) mass is 486 g/mol. The van der Waals surface area contributed by atoms with Gasteiger partial charge >= 0.3 is 0 Å². The van der Waals surface area contributed by atoms with Crippen LogP contribution in [0.4, 0.5) is 0 Å². The Balaban J connectivity index is 1.39. The van der Waals surface area contributed by atoms with Crippen LogP contribution in [0.1, 0.15) is 61.1 Å². The van der Waals surface area contributed by atoms with Gasteiger partial charge in [-0.3, -0.25) is 9.59 Å². The van der Waals surface area contributed by atoms with Crippen molar-refractivity contribution >= 4 is 11.8 Å². The highest BCUT2D eigenvalue weighted by molar-refractivity contribution is 5.81. The predicted molar refractivity (Wildman–Crippen MR) is 137 cm³/mol. The molecule has 0 radical (unpaired) electrons. The molecule has 2 heterocycles. The Labute approximate surface area is 212 Å². The maximum absolute atomic E-state index is 13.6. The summed E-state index contributed by atoms with van der Waals surface area (Å²) in [6, 6.07) is 19.8. The third kappa shape index (κ3) is 5.03. The lowest BCUT2D eigenvalue weighted by Crippen LogP contribution is -2.43. The van der Waals surface area contributed by atoms with Crippen molar-refractivity contribution < 1.29 is 18.7 Å². The number of fused-ring (bicyclic) bond motifs is 1. The van der Waals surface area contributed by atoms with Gasteiger partial charge in [-0.15, -0.1) is 0 Å². The summed E-state index contributed by atoms with van der Waals surface area (Å²) in [7, 11) is 1.75. The summed E-state index contributed by atoms with van der Waals surface area (Å²) in [5, 5.41) is 0. The van der Waals surface area contributed by atoms with E-state index in [1.807, 2.05) is 42.5 Å². The van der Waals surface area contributed by atoms with E-state index in [2.05, 4.69) is 23.1 Å². The molecule has 2 aliphatic rings. The summed E-state index contributed by atoms with van der Waals surface area (Å²) in [5.74, 6) is 1.63. The Hall–Kier alpha value is -3.54. The number of hydrogen-bond acceptors (Lipinski definition) is 4. The molecule has 0 saturated heterocycles. The summed E-state index contributed by atoms with van der Waals surface area (Å²) in [6.45, 7) is 2.87. The molecule has 36 heavy (non-hydrogen) atoms. The van der Waals surface area contributed by atoms with Gasteiger partial charge < -0.3 is 19.0 Å². The normalized spacial score (nSPS) is 18.5. The minimum absolute atomic E-state index is 0.123. The van der Waals surface area contributed by atoms with Crippen LogP contribution in [0, 0.1) is 5.92 Å². The highest BCUT2D eigenvalue weighted by Gasteiger charge is 2.36. The molecule has 2 aromatic carbocycles. The second-order valence-corrected chi connectivity index (χ2v) is 9.97. The average Bonchev–Trinajstić information content (AvgIpc) is 3.62. The SMILES string of the molecule is CC(Oc1ccc2c(c1)C(c1ccccc1)N(C(=O)C1CCCC1)CC2)C(=O)N(C)Cc1ccco1. The van der Waals surface area contributed by atoms with E-state index in [9.17, 15) is 9.59 Å². The van der Waals surface area contributed by atoms with Crippen LogP contribution in [0.15, 0.2) is 71.3 Å². The van der Waals surface area contributed by atoms with Crippen LogP contribution in [-0.2, 0) is 22.6 Å². The lowest BCUT2D eigenvalue weighted by molar-refractivity contribution is -0.137. The molecule has 0 bridgehead atoms. The molecule has 0 spiro atoms. The fourth-order valence-electron chi connectivity index (χ4n) is 5.59. The van der Waals surface area contributed by atoms with E-state index in [1.165, 1.54) is 5.56 Å². The van der Waals surface area contributed by atoms with E-state index < -0.39 is 6.10 Å². The molecule has 188 valence electrons. The van der Waals surface area contributed by atoms with E-state index in [0.717, 1.165) is 49.0 Å². The number of furan rings is 1. The van der Waals surface area contributed by atoms with E-state index in [1.54, 1.807) is 25.1 Å². The van der Waals surface area contributed by atoms with Crippen LogP contribution in [-0.4, -0.2) is 41.3 Å². The van der Waals surface area contributed by atoms with Gasteiger partial charge in [0.15, 0.2) is 6.10 Å². The number of carbonyl (C=O) groups is 2. The minimum atomic E-state index is -0.655. The highest BCUT2D eigenvalue weighted by atomic mass is 16.5. The molecular formula is C30H34N2O4. The van der Waals surface area contributed by atoms with Gasteiger partial charge in [0.25, 0.3) is 5.91 Å². The zero-order valence-electron chi connectivity index (χ0n) is 21.1. The van der Waals surface area contributed by atoms with Gasteiger partial charge in [0.2, 0.25) is 5.91 Å². The number of hydrogen-bond donors (Lipinski definition) is 0. The van der Waals surface area contributed by atoms with Crippen molar-refractivity contribution in [2.45, 2.75) is 57.7 Å². The molecule has 6 nitrogen and oxygen atoms in total. The van der Waals surface area contributed by atoms with Crippen LogP contribution in [0.3, 0.4) is 0 Å². The van der Waals surface area contributed by atoms with Gasteiger partial charge in [0.05, 0.1) is 18.8 Å². The maximum Gasteiger partial charge on any atom is 0.263 e. The van der Waals surface area contributed by atoms with E-state index >= 15 is 0 Å². The molecule has 3 aromatic rings. The summed E-state index contributed by atoms with van der Waals surface area (Å²) < 4.78 is 11.5. The third-order valence-corrected chi connectivity index (χ3v) is 7.46. The number of benzene rings is 2. The first kappa shape index (κ1) is 24.2. The Bertz CT molecular complexity index is 1180. The fraction of sp³-hybridized carbons (Fsp3) is 0.400. The second-order valence-electron chi connectivity index (χ2n) is 9.97. The molecular weight excluding hydrogens is 452 g/mol. The Kier molecular flexibility index (Phi) is 7.12. The molecule has 2 unspecified atom stereocenters. The molecule has 1 fully saturated rings. The highest BCUT2D eigenvalue weighted by Crippen LogP contribution is 2.39. The van der Waals surface area contributed by atoms with Gasteiger partial charge in [-0.05, 0) is 67.1 Å². The smallest absolute Gasteiger partial charge is 0.263 e. The molecule has 6 heteroatoms. The minimum Gasteiger partial charge on any atom is -0.481 e. The summed E-state index contributed by atoms with van der Waals surface area (Å²) in [4.78, 5) is 30.2. The topological polar surface area (TPSA) is 63.0 Å². The van der Waals surface area contributed by atoms with Crippen molar-refractivity contribution in [3.63, 3.8) is 0 Å². The predicted octanol–water partition coefficient (Wildman–Crippen LogP) is 5.37. The zero-order valence-corrected chi connectivity index (χ0v) is 21.1. The average molecular weight is 487 g/mol. The first-order valence-corrected chi connectivity index (χ1v) is 12.9. The lowest BCUT2D eigenvalue weighted by atomic mass is 9.87. The quantitative estimate of drug-likeness (QED) is 0.450. The summed E-state index contributed by atoms with van der Waals surface area (Å²) in [5.41, 5.74) is 3.41. The Morgan fingerprint density at radius 3 is 2.58 bits per heavy atom. The first-order valence-electron chi connectivity index (χ1n) is 12.9.